The molecule has 198 valence electrons. The van der Waals surface area contributed by atoms with Gasteiger partial charge in [-0.15, -0.1) is 0 Å². The van der Waals surface area contributed by atoms with Gasteiger partial charge in [0.15, 0.2) is 17.3 Å². The molecule has 1 aliphatic carbocycles. The zero-order valence-corrected chi connectivity index (χ0v) is 21.0. The molecule has 9 nitrogen and oxygen atoms in total. The van der Waals surface area contributed by atoms with Crippen molar-refractivity contribution in [2.45, 2.75) is 45.0 Å². The van der Waals surface area contributed by atoms with Gasteiger partial charge in [-0.2, -0.15) is 18.2 Å². The van der Waals surface area contributed by atoms with Crippen LogP contribution in [0.5, 0.6) is 17.5 Å². The minimum absolute atomic E-state index is 0.140. The standard InChI is InChI=1S/C26H25F3N6O3/c1-4-35-12-19(26(27,28)29)33-23(35)17-7-5-15(6-8-17)13-38-24-18(36-2)11-30-22(34-24)20-21(16-9-10-16)31-14-32-25(20)37-3/h5-8,11-12,14,16H,4,9-10,13H2,1-3H3. The Balaban J connectivity index is 1.38. The van der Waals surface area contributed by atoms with Crippen LogP contribution in [0.25, 0.3) is 22.8 Å². The molecule has 0 N–H and O–H groups in total. The molecule has 0 amide bonds. The number of methoxy groups -OCH3 is 2. The van der Waals surface area contributed by atoms with E-state index >= 15 is 0 Å². The van der Waals surface area contributed by atoms with Gasteiger partial charge in [-0.3, -0.25) is 0 Å². The van der Waals surface area contributed by atoms with E-state index in [0.29, 0.717) is 41.0 Å². The normalized spacial score (nSPS) is 13.4. The van der Waals surface area contributed by atoms with Gasteiger partial charge in [-0.1, -0.05) is 24.3 Å². The zero-order valence-electron chi connectivity index (χ0n) is 21.0. The highest BCUT2D eigenvalue weighted by Gasteiger charge is 2.35. The molecule has 38 heavy (non-hydrogen) atoms. The van der Waals surface area contributed by atoms with Crippen molar-refractivity contribution in [2.75, 3.05) is 14.2 Å². The summed E-state index contributed by atoms with van der Waals surface area (Å²) >= 11 is 0. The van der Waals surface area contributed by atoms with Crippen LogP contribution >= 0.6 is 0 Å². The molecule has 0 spiro atoms. The first kappa shape index (κ1) is 25.4. The highest BCUT2D eigenvalue weighted by molar-refractivity contribution is 5.66. The van der Waals surface area contributed by atoms with Crippen molar-refractivity contribution in [1.82, 2.24) is 29.5 Å². The summed E-state index contributed by atoms with van der Waals surface area (Å²) in [7, 11) is 3.02. The number of aryl methyl sites for hydroxylation is 1. The van der Waals surface area contributed by atoms with Gasteiger partial charge in [0.2, 0.25) is 5.88 Å². The monoisotopic (exact) mass is 526 g/mol. The molecule has 3 heterocycles. The Morgan fingerprint density at radius 1 is 0.974 bits per heavy atom. The molecule has 0 bridgehead atoms. The molecule has 1 aliphatic rings. The molecule has 5 rings (SSSR count). The summed E-state index contributed by atoms with van der Waals surface area (Å²) in [5, 5.41) is 0. The number of benzene rings is 1. The molecule has 1 fully saturated rings. The van der Waals surface area contributed by atoms with Crippen molar-refractivity contribution in [2.24, 2.45) is 0 Å². The summed E-state index contributed by atoms with van der Waals surface area (Å²) in [6.45, 7) is 2.27. The fourth-order valence-electron chi connectivity index (χ4n) is 4.06. The number of halogens is 3. The van der Waals surface area contributed by atoms with E-state index in [1.807, 2.05) is 0 Å². The van der Waals surface area contributed by atoms with E-state index in [-0.39, 0.29) is 18.3 Å². The number of aromatic nitrogens is 6. The predicted octanol–water partition coefficient (Wildman–Crippen LogP) is 5.31. The van der Waals surface area contributed by atoms with E-state index in [2.05, 4.69) is 24.9 Å². The highest BCUT2D eigenvalue weighted by atomic mass is 19.4. The summed E-state index contributed by atoms with van der Waals surface area (Å²) < 4.78 is 57.7. The van der Waals surface area contributed by atoms with Gasteiger partial charge < -0.3 is 18.8 Å². The van der Waals surface area contributed by atoms with Crippen molar-refractivity contribution in [3.05, 3.63) is 59.9 Å². The van der Waals surface area contributed by atoms with E-state index in [1.165, 1.54) is 31.3 Å². The molecule has 0 saturated heterocycles. The highest BCUT2D eigenvalue weighted by Crippen LogP contribution is 2.45. The Morgan fingerprint density at radius 3 is 2.37 bits per heavy atom. The number of hydrogen-bond acceptors (Lipinski definition) is 8. The van der Waals surface area contributed by atoms with E-state index in [0.717, 1.165) is 30.3 Å². The SMILES string of the molecule is CCn1cc(C(F)(F)F)nc1-c1ccc(COc2nc(-c3c(OC)ncnc3C3CC3)ncc2OC)cc1. The second-order valence-corrected chi connectivity index (χ2v) is 8.70. The Bertz CT molecular complexity index is 1440. The number of nitrogens with zero attached hydrogens (tertiary/aromatic N) is 6. The summed E-state index contributed by atoms with van der Waals surface area (Å²) in [6, 6.07) is 6.96. The van der Waals surface area contributed by atoms with Gasteiger partial charge in [0, 0.05) is 24.2 Å². The van der Waals surface area contributed by atoms with E-state index in [9.17, 15) is 13.2 Å². The molecule has 0 unspecified atom stereocenters. The third kappa shape index (κ3) is 5.11. The van der Waals surface area contributed by atoms with E-state index in [1.54, 1.807) is 31.2 Å². The Kier molecular flexibility index (Phi) is 6.87. The van der Waals surface area contributed by atoms with Crippen LogP contribution in [0.1, 0.15) is 42.6 Å². The molecule has 1 saturated carbocycles. The quantitative estimate of drug-likeness (QED) is 0.290. The van der Waals surface area contributed by atoms with Crippen LogP contribution in [0.15, 0.2) is 43.0 Å². The minimum Gasteiger partial charge on any atom is -0.490 e. The topological polar surface area (TPSA) is 97.1 Å². The van der Waals surface area contributed by atoms with Crippen molar-refractivity contribution < 1.29 is 27.4 Å². The third-order valence-electron chi connectivity index (χ3n) is 6.16. The van der Waals surface area contributed by atoms with Crippen LogP contribution in [0, 0.1) is 0 Å². The van der Waals surface area contributed by atoms with Crippen LogP contribution in [0.4, 0.5) is 13.2 Å². The summed E-state index contributed by atoms with van der Waals surface area (Å²) in [5.74, 6) is 1.88. The van der Waals surface area contributed by atoms with Gasteiger partial charge in [0.1, 0.15) is 24.3 Å². The average Bonchev–Trinajstić information content (AvgIpc) is 3.68. The molecule has 0 aliphatic heterocycles. The van der Waals surface area contributed by atoms with Crippen LogP contribution in [-0.4, -0.2) is 43.7 Å². The number of rotatable bonds is 9. The van der Waals surface area contributed by atoms with Crippen molar-refractivity contribution >= 4 is 0 Å². The largest absolute Gasteiger partial charge is 0.490 e. The van der Waals surface area contributed by atoms with Crippen molar-refractivity contribution in [3.63, 3.8) is 0 Å². The first-order valence-electron chi connectivity index (χ1n) is 12.0. The summed E-state index contributed by atoms with van der Waals surface area (Å²) in [5.41, 5.74) is 1.89. The van der Waals surface area contributed by atoms with Crippen LogP contribution in [0.3, 0.4) is 0 Å². The number of alkyl halides is 3. The molecule has 12 heteroatoms. The van der Waals surface area contributed by atoms with Crippen LogP contribution in [-0.2, 0) is 19.3 Å². The second kappa shape index (κ2) is 10.3. The van der Waals surface area contributed by atoms with Gasteiger partial charge in [0.05, 0.1) is 26.1 Å². The summed E-state index contributed by atoms with van der Waals surface area (Å²) in [4.78, 5) is 21.5. The summed E-state index contributed by atoms with van der Waals surface area (Å²) in [6.07, 6.45) is 1.56. The average molecular weight is 527 g/mol. The lowest BCUT2D eigenvalue weighted by Gasteiger charge is -2.14. The smallest absolute Gasteiger partial charge is 0.434 e. The zero-order chi connectivity index (χ0) is 26.9. The number of imidazole rings is 1. The fraction of sp³-hybridized carbons (Fsp3) is 0.346. The van der Waals surface area contributed by atoms with Gasteiger partial charge in [0.25, 0.3) is 5.88 Å². The van der Waals surface area contributed by atoms with E-state index in [4.69, 9.17) is 14.2 Å². The Morgan fingerprint density at radius 2 is 1.74 bits per heavy atom. The first-order chi connectivity index (χ1) is 18.3. The maximum absolute atomic E-state index is 13.1. The lowest BCUT2D eigenvalue weighted by atomic mass is 10.1. The Hall–Kier alpha value is -4.22. The number of hydrogen-bond donors (Lipinski definition) is 0. The van der Waals surface area contributed by atoms with Crippen molar-refractivity contribution in [3.8, 4) is 40.3 Å². The van der Waals surface area contributed by atoms with Gasteiger partial charge >= 0.3 is 6.18 Å². The van der Waals surface area contributed by atoms with E-state index < -0.39 is 11.9 Å². The maximum Gasteiger partial charge on any atom is 0.434 e. The molecular formula is C26H25F3N6O3. The second-order valence-electron chi connectivity index (χ2n) is 8.70. The molecule has 0 radical (unpaired) electrons. The Labute approximate surface area is 216 Å². The fourth-order valence-corrected chi connectivity index (χ4v) is 4.06. The number of ether oxygens (including phenoxy) is 3. The first-order valence-corrected chi connectivity index (χ1v) is 12.0. The lowest BCUT2D eigenvalue weighted by molar-refractivity contribution is -0.140. The molecule has 1 aromatic carbocycles. The molecule has 4 aromatic rings. The van der Waals surface area contributed by atoms with Crippen molar-refractivity contribution in [1.29, 1.82) is 0 Å². The lowest BCUT2D eigenvalue weighted by Crippen LogP contribution is -2.05. The van der Waals surface area contributed by atoms with Crippen LogP contribution in [0.2, 0.25) is 0 Å². The third-order valence-corrected chi connectivity index (χ3v) is 6.16. The maximum atomic E-state index is 13.1. The minimum atomic E-state index is -4.51. The van der Waals surface area contributed by atoms with Crippen LogP contribution < -0.4 is 14.2 Å². The predicted molar refractivity (Wildman–Crippen MR) is 131 cm³/mol. The molecule has 0 atom stereocenters. The molecule has 3 aromatic heterocycles. The van der Waals surface area contributed by atoms with Gasteiger partial charge in [-0.25, -0.2) is 19.9 Å². The molecular weight excluding hydrogens is 501 g/mol. The van der Waals surface area contributed by atoms with Gasteiger partial charge in [-0.05, 0) is 25.3 Å².